The van der Waals surface area contributed by atoms with Crippen LogP contribution in [0.25, 0.3) is 0 Å². The second-order valence-corrected chi connectivity index (χ2v) is 3.40. The number of imidazole rings is 1. The van der Waals surface area contributed by atoms with E-state index in [1.165, 1.54) is 18.5 Å². The van der Waals surface area contributed by atoms with E-state index in [0.717, 1.165) is 0 Å². The number of amides is 2. The van der Waals surface area contributed by atoms with Crippen molar-refractivity contribution >= 4 is 23.4 Å². The maximum absolute atomic E-state index is 11.7. The molecule has 0 saturated carbocycles. The lowest BCUT2D eigenvalue weighted by molar-refractivity contribution is 0.101. The van der Waals surface area contributed by atoms with Crippen LogP contribution in [0.1, 0.15) is 10.6 Å². The lowest BCUT2D eigenvalue weighted by Crippen LogP contribution is -2.14. The number of H-pyrrole nitrogens is 1. The first-order chi connectivity index (χ1) is 8.65. The Bertz CT molecular complexity index is 565. The minimum absolute atomic E-state index is 0.187. The monoisotopic (exact) mass is 246 g/mol. The third-order valence-corrected chi connectivity index (χ3v) is 2.09. The molecule has 18 heavy (non-hydrogen) atoms. The summed E-state index contributed by atoms with van der Waals surface area (Å²) in [5.41, 5.74) is 0.849. The van der Waals surface area contributed by atoms with Gasteiger partial charge in [-0.25, -0.2) is 9.78 Å². The quantitative estimate of drug-likeness (QED) is 0.661. The second kappa shape index (κ2) is 5.00. The van der Waals surface area contributed by atoms with Crippen LogP contribution in [0.15, 0.2) is 36.7 Å². The van der Waals surface area contributed by atoms with Gasteiger partial charge in [-0.1, -0.05) is 6.07 Å². The number of nitrogens with one attached hydrogen (secondary N) is 3. The van der Waals surface area contributed by atoms with E-state index in [9.17, 15) is 9.59 Å². The zero-order valence-corrected chi connectivity index (χ0v) is 9.18. The SMILES string of the molecule is O=C(O)Nc1cccc(NC(=O)c2ncc[nH]2)c1. The van der Waals surface area contributed by atoms with Crippen LogP contribution in [-0.2, 0) is 0 Å². The van der Waals surface area contributed by atoms with Crippen LogP contribution in [0.2, 0.25) is 0 Å². The fourth-order valence-corrected chi connectivity index (χ4v) is 1.38. The summed E-state index contributed by atoms with van der Waals surface area (Å²) >= 11 is 0. The number of rotatable bonds is 3. The Balaban J connectivity index is 2.10. The molecule has 0 unspecified atom stereocenters. The number of benzene rings is 1. The van der Waals surface area contributed by atoms with Gasteiger partial charge in [-0.3, -0.25) is 10.1 Å². The molecule has 0 fully saturated rings. The third kappa shape index (κ3) is 2.85. The first-order valence-electron chi connectivity index (χ1n) is 5.06. The van der Waals surface area contributed by atoms with Crippen LogP contribution in [-0.4, -0.2) is 27.1 Å². The van der Waals surface area contributed by atoms with Crippen LogP contribution in [0.5, 0.6) is 0 Å². The molecule has 1 aromatic heterocycles. The van der Waals surface area contributed by atoms with Crippen molar-refractivity contribution in [2.24, 2.45) is 0 Å². The van der Waals surface area contributed by atoms with E-state index in [1.807, 2.05) is 0 Å². The summed E-state index contributed by atoms with van der Waals surface area (Å²) in [6.45, 7) is 0. The fourth-order valence-electron chi connectivity index (χ4n) is 1.38. The number of nitrogens with zero attached hydrogens (tertiary/aromatic N) is 1. The molecule has 7 heteroatoms. The second-order valence-electron chi connectivity index (χ2n) is 3.40. The maximum atomic E-state index is 11.7. The number of aromatic nitrogens is 2. The summed E-state index contributed by atoms with van der Waals surface area (Å²) in [7, 11) is 0. The molecule has 2 amide bonds. The van der Waals surface area contributed by atoms with Gasteiger partial charge >= 0.3 is 6.09 Å². The molecule has 0 saturated heterocycles. The van der Waals surface area contributed by atoms with Crippen molar-refractivity contribution < 1.29 is 14.7 Å². The minimum Gasteiger partial charge on any atom is -0.465 e. The van der Waals surface area contributed by atoms with Gasteiger partial charge in [0.25, 0.3) is 5.91 Å². The van der Waals surface area contributed by atoms with Crippen molar-refractivity contribution in [1.29, 1.82) is 0 Å². The number of aromatic amines is 1. The first kappa shape index (κ1) is 11.6. The standard InChI is InChI=1S/C11H10N4O3/c16-10(9-12-4-5-13-9)14-7-2-1-3-8(6-7)15-11(17)18/h1-6,15H,(H,12,13)(H,14,16)(H,17,18). The van der Waals surface area contributed by atoms with Crippen LogP contribution in [0.3, 0.4) is 0 Å². The summed E-state index contributed by atoms with van der Waals surface area (Å²) in [6, 6.07) is 6.36. The van der Waals surface area contributed by atoms with Gasteiger partial charge in [-0.2, -0.15) is 0 Å². The van der Waals surface area contributed by atoms with E-state index in [0.29, 0.717) is 11.4 Å². The average Bonchev–Trinajstić information content (AvgIpc) is 2.81. The number of hydrogen-bond donors (Lipinski definition) is 4. The van der Waals surface area contributed by atoms with E-state index < -0.39 is 12.0 Å². The van der Waals surface area contributed by atoms with Gasteiger partial charge in [0.2, 0.25) is 0 Å². The molecule has 0 atom stereocenters. The minimum atomic E-state index is -1.16. The van der Waals surface area contributed by atoms with E-state index in [1.54, 1.807) is 18.2 Å². The van der Waals surface area contributed by atoms with Gasteiger partial charge in [0.15, 0.2) is 5.82 Å². The molecule has 0 aliphatic carbocycles. The first-order valence-corrected chi connectivity index (χ1v) is 5.06. The Morgan fingerprint density at radius 1 is 1.22 bits per heavy atom. The van der Waals surface area contributed by atoms with Gasteiger partial charge in [-0.05, 0) is 18.2 Å². The molecule has 0 spiro atoms. The number of carboxylic acid groups (broad SMARTS) is 1. The van der Waals surface area contributed by atoms with Crippen LogP contribution < -0.4 is 10.6 Å². The van der Waals surface area contributed by atoms with E-state index in [-0.39, 0.29) is 5.82 Å². The highest BCUT2D eigenvalue weighted by Crippen LogP contribution is 2.15. The third-order valence-electron chi connectivity index (χ3n) is 2.09. The Morgan fingerprint density at radius 3 is 2.56 bits per heavy atom. The zero-order valence-electron chi connectivity index (χ0n) is 9.18. The van der Waals surface area contributed by atoms with Gasteiger partial charge in [0.1, 0.15) is 0 Å². The summed E-state index contributed by atoms with van der Waals surface area (Å²) < 4.78 is 0. The lowest BCUT2D eigenvalue weighted by atomic mass is 10.2. The molecule has 2 aromatic rings. The van der Waals surface area contributed by atoms with Gasteiger partial charge < -0.3 is 15.4 Å². The van der Waals surface area contributed by atoms with Crippen molar-refractivity contribution in [3.63, 3.8) is 0 Å². The summed E-state index contributed by atoms with van der Waals surface area (Å²) in [4.78, 5) is 28.6. The van der Waals surface area contributed by atoms with Crippen LogP contribution >= 0.6 is 0 Å². The van der Waals surface area contributed by atoms with Crippen molar-refractivity contribution in [2.75, 3.05) is 10.6 Å². The number of hydrogen-bond acceptors (Lipinski definition) is 3. The highest BCUT2D eigenvalue weighted by molar-refractivity contribution is 6.01. The van der Waals surface area contributed by atoms with Crippen molar-refractivity contribution in [3.05, 3.63) is 42.5 Å². The molecule has 7 nitrogen and oxygen atoms in total. The number of carbonyl (C=O) groups excluding carboxylic acids is 1. The lowest BCUT2D eigenvalue weighted by Gasteiger charge is -2.05. The maximum Gasteiger partial charge on any atom is 0.409 e. The van der Waals surface area contributed by atoms with Gasteiger partial charge in [0, 0.05) is 23.8 Å². The highest BCUT2D eigenvalue weighted by atomic mass is 16.4. The topological polar surface area (TPSA) is 107 Å². The normalized spacial score (nSPS) is 9.78. The predicted octanol–water partition coefficient (Wildman–Crippen LogP) is 1.75. The van der Waals surface area contributed by atoms with Crippen molar-refractivity contribution in [1.82, 2.24) is 9.97 Å². The van der Waals surface area contributed by atoms with E-state index >= 15 is 0 Å². The molecular formula is C11H10N4O3. The summed E-state index contributed by atoms with van der Waals surface area (Å²) in [6.07, 6.45) is 1.85. The summed E-state index contributed by atoms with van der Waals surface area (Å²) in [5.74, 6) is -0.209. The molecule has 0 bridgehead atoms. The molecule has 1 aromatic carbocycles. The van der Waals surface area contributed by atoms with Crippen molar-refractivity contribution in [3.8, 4) is 0 Å². The molecule has 92 valence electrons. The largest absolute Gasteiger partial charge is 0.465 e. The highest BCUT2D eigenvalue weighted by Gasteiger charge is 2.08. The Hall–Kier alpha value is -2.83. The molecule has 1 heterocycles. The van der Waals surface area contributed by atoms with Crippen LogP contribution in [0.4, 0.5) is 16.2 Å². The molecule has 0 aliphatic heterocycles. The number of anilines is 2. The van der Waals surface area contributed by atoms with Crippen molar-refractivity contribution in [2.45, 2.75) is 0 Å². The van der Waals surface area contributed by atoms with E-state index in [4.69, 9.17) is 5.11 Å². The Morgan fingerprint density at radius 2 is 1.94 bits per heavy atom. The Kier molecular flexibility index (Phi) is 3.24. The van der Waals surface area contributed by atoms with Crippen LogP contribution in [0, 0.1) is 0 Å². The molecule has 4 N–H and O–H groups in total. The van der Waals surface area contributed by atoms with Gasteiger partial charge in [0.05, 0.1) is 0 Å². The smallest absolute Gasteiger partial charge is 0.409 e. The van der Waals surface area contributed by atoms with Gasteiger partial charge in [-0.15, -0.1) is 0 Å². The fraction of sp³-hybridized carbons (Fsp3) is 0. The average molecular weight is 246 g/mol. The zero-order chi connectivity index (χ0) is 13.0. The van der Waals surface area contributed by atoms with E-state index in [2.05, 4.69) is 20.6 Å². The molecule has 2 rings (SSSR count). The number of carbonyl (C=O) groups is 2. The molecule has 0 aliphatic rings. The molecule has 0 radical (unpaired) electrons. The molecular weight excluding hydrogens is 236 g/mol. The predicted molar refractivity (Wildman–Crippen MR) is 64.6 cm³/mol. The Labute approximate surface area is 102 Å². The summed E-state index contributed by atoms with van der Waals surface area (Å²) in [5, 5.41) is 13.4.